The van der Waals surface area contributed by atoms with Crippen molar-refractivity contribution in [3.8, 4) is 0 Å². The summed E-state index contributed by atoms with van der Waals surface area (Å²) >= 11 is 0. The smallest absolute Gasteiger partial charge is 0.113 e. The highest BCUT2D eigenvalue weighted by Gasteiger charge is 2.04. The van der Waals surface area contributed by atoms with Crippen LogP contribution in [0, 0.1) is 0 Å². The Morgan fingerprint density at radius 2 is 1.43 bits per heavy atom. The van der Waals surface area contributed by atoms with Crippen LogP contribution in [0.3, 0.4) is 0 Å². The highest BCUT2D eigenvalue weighted by Crippen LogP contribution is 2.24. The Bertz CT molecular complexity index is 1210. The Hall–Kier alpha value is -3.62. The molecule has 0 aromatic heterocycles. The van der Waals surface area contributed by atoms with Crippen molar-refractivity contribution in [2.75, 3.05) is 0 Å². The van der Waals surface area contributed by atoms with Crippen LogP contribution in [-0.4, -0.2) is 0 Å². The predicted octanol–water partition coefficient (Wildman–Crippen LogP) is 8.68. The maximum absolute atomic E-state index is 5.53. The van der Waals surface area contributed by atoms with Crippen molar-refractivity contribution in [3.63, 3.8) is 0 Å². The summed E-state index contributed by atoms with van der Waals surface area (Å²) in [4.78, 5) is 0. The van der Waals surface area contributed by atoms with Crippen LogP contribution in [-0.2, 0) is 24.4 Å². The van der Waals surface area contributed by atoms with Gasteiger partial charge in [0.2, 0.25) is 0 Å². The third kappa shape index (κ3) is 8.59. The standard InChI is InChI=1S/C21H21N.C12H16O/c1-2-8-20-19(14-13-18-11-6-7-12-21(18)20)16-22-15-17-9-4-3-5-10-17;1-3-7-11(2)13-10-12-8-5-4-6-9-12/h2-14,22H,15-16H2,1H3;4-9H,3,10H2,1-2H3/b8-2+;11-7+. The molecule has 0 bridgehead atoms. The van der Waals surface area contributed by atoms with E-state index in [0.29, 0.717) is 6.61 Å². The van der Waals surface area contributed by atoms with E-state index < -0.39 is 0 Å². The molecule has 0 aliphatic rings. The number of hydrogen-bond donors (Lipinski definition) is 1. The molecule has 0 saturated heterocycles. The van der Waals surface area contributed by atoms with E-state index in [9.17, 15) is 0 Å². The van der Waals surface area contributed by atoms with Gasteiger partial charge in [-0.3, -0.25) is 0 Å². The Kier molecular flexibility index (Phi) is 10.8. The van der Waals surface area contributed by atoms with E-state index in [2.05, 4.69) is 116 Å². The van der Waals surface area contributed by atoms with Gasteiger partial charge in [-0.1, -0.05) is 116 Å². The molecule has 2 nitrogen and oxygen atoms in total. The van der Waals surface area contributed by atoms with Gasteiger partial charge in [-0.25, -0.2) is 0 Å². The van der Waals surface area contributed by atoms with E-state index in [1.807, 2.05) is 25.1 Å². The molecule has 0 atom stereocenters. The second kappa shape index (κ2) is 14.6. The van der Waals surface area contributed by atoms with E-state index in [4.69, 9.17) is 4.74 Å². The molecule has 35 heavy (non-hydrogen) atoms. The first-order valence-electron chi connectivity index (χ1n) is 12.4. The van der Waals surface area contributed by atoms with E-state index in [-0.39, 0.29) is 0 Å². The fourth-order valence-electron chi connectivity index (χ4n) is 3.91. The van der Waals surface area contributed by atoms with Gasteiger partial charge in [0.05, 0.1) is 5.76 Å². The van der Waals surface area contributed by atoms with Crippen molar-refractivity contribution in [1.29, 1.82) is 0 Å². The Labute approximate surface area is 211 Å². The number of nitrogens with one attached hydrogen (secondary N) is 1. The first-order chi connectivity index (χ1) is 17.2. The zero-order valence-electron chi connectivity index (χ0n) is 21.2. The fourth-order valence-corrected chi connectivity index (χ4v) is 3.91. The summed E-state index contributed by atoms with van der Waals surface area (Å²) in [5, 5.41) is 6.16. The van der Waals surface area contributed by atoms with Crippen LogP contribution in [0.1, 0.15) is 49.4 Å². The van der Waals surface area contributed by atoms with Gasteiger partial charge < -0.3 is 10.1 Å². The van der Waals surface area contributed by atoms with Crippen LogP contribution < -0.4 is 5.32 Å². The number of ether oxygens (including phenoxy) is 1. The summed E-state index contributed by atoms with van der Waals surface area (Å²) in [6.07, 6.45) is 7.44. The molecule has 1 N–H and O–H groups in total. The summed E-state index contributed by atoms with van der Waals surface area (Å²) in [6.45, 7) is 8.61. The van der Waals surface area contributed by atoms with Gasteiger partial charge in [0, 0.05) is 13.1 Å². The third-order valence-electron chi connectivity index (χ3n) is 5.68. The molecule has 0 heterocycles. The molecular formula is C33H37NO. The number of hydrogen-bond acceptors (Lipinski definition) is 2. The Morgan fingerprint density at radius 1 is 0.771 bits per heavy atom. The molecule has 2 heteroatoms. The molecule has 0 aliphatic carbocycles. The average Bonchev–Trinajstić information content (AvgIpc) is 2.90. The minimum absolute atomic E-state index is 0.670. The third-order valence-corrected chi connectivity index (χ3v) is 5.68. The normalized spacial score (nSPS) is 11.3. The van der Waals surface area contributed by atoms with Gasteiger partial charge in [-0.2, -0.15) is 0 Å². The number of fused-ring (bicyclic) bond motifs is 1. The SMILES string of the molecule is C/C=C/c1c(CNCc2ccccc2)ccc2ccccc12.CC/C=C(\C)OCc1ccccc1. The van der Waals surface area contributed by atoms with E-state index >= 15 is 0 Å². The maximum Gasteiger partial charge on any atom is 0.113 e. The summed E-state index contributed by atoms with van der Waals surface area (Å²) in [7, 11) is 0. The molecule has 0 aliphatic heterocycles. The summed E-state index contributed by atoms with van der Waals surface area (Å²) in [6, 6.07) is 33.7. The summed E-state index contributed by atoms with van der Waals surface area (Å²) in [5.41, 5.74) is 5.19. The van der Waals surface area contributed by atoms with E-state index in [1.165, 1.54) is 33.0 Å². The molecular weight excluding hydrogens is 426 g/mol. The van der Waals surface area contributed by atoms with Crippen LogP contribution in [0.5, 0.6) is 0 Å². The van der Waals surface area contributed by atoms with Gasteiger partial charge in [-0.05, 0) is 59.4 Å². The molecule has 4 aromatic rings. The number of rotatable bonds is 9. The quantitative estimate of drug-likeness (QED) is 0.251. The minimum atomic E-state index is 0.670. The van der Waals surface area contributed by atoms with Crippen molar-refractivity contribution in [2.45, 2.75) is 46.9 Å². The molecule has 0 saturated carbocycles. The van der Waals surface area contributed by atoms with Crippen LogP contribution >= 0.6 is 0 Å². The van der Waals surface area contributed by atoms with Crippen molar-refractivity contribution in [3.05, 3.63) is 137 Å². The molecule has 4 aromatic carbocycles. The lowest BCUT2D eigenvalue weighted by atomic mass is 9.98. The summed E-state index contributed by atoms with van der Waals surface area (Å²) < 4.78 is 5.53. The molecule has 4 rings (SSSR count). The first kappa shape index (κ1) is 26.0. The highest BCUT2D eigenvalue weighted by molar-refractivity contribution is 5.91. The zero-order chi connectivity index (χ0) is 24.7. The van der Waals surface area contributed by atoms with Gasteiger partial charge in [-0.15, -0.1) is 0 Å². The number of allylic oxidation sites excluding steroid dienone is 3. The lowest BCUT2D eigenvalue weighted by Gasteiger charge is -2.11. The van der Waals surface area contributed by atoms with Crippen LogP contribution in [0.15, 0.2) is 115 Å². The first-order valence-corrected chi connectivity index (χ1v) is 12.4. The minimum Gasteiger partial charge on any atom is -0.494 e. The van der Waals surface area contributed by atoms with Crippen LogP contribution in [0.4, 0.5) is 0 Å². The molecule has 0 fully saturated rings. The monoisotopic (exact) mass is 463 g/mol. The van der Waals surface area contributed by atoms with E-state index in [0.717, 1.165) is 25.3 Å². The zero-order valence-corrected chi connectivity index (χ0v) is 21.2. The average molecular weight is 464 g/mol. The van der Waals surface area contributed by atoms with Gasteiger partial charge in [0.15, 0.2) is 0 Å². The van der Waals surface area contributed by atoms with Crippen molar-refractivity contribution in [1.82, 2.24) is 5.32 Å². The van der Waals surface area contributed by atoms with Gasteiger partial charge in [0.25, 0.3) is 0 Å². The molecule has 0 radical (unpaired) electrons. The summed E-state index contributed by atoms with van der Waals surface area (Å²) in [5.74, 6) is 1.01. The van der Waals surface area contributed by atoms with Crippen molar-refractivity contribution in [2.24, 2.45) is 0 Å². The second-order valence-electron chi connectivity index (χ2n) is 8.45. The van der Waals surface area contributed by atoms with Gasteiger partial charge in [0.1, 0.15) is 6.61 Å². The Balaban J connectivity index is 0.000000225. The molecule has 0 spiro atoms. The van der Waals surface area contributed by atoms with Crippen LogP contribution in [0.2, 0.25) is 0 Å². The molecule has 0 unspecified atom stereocenters. The fraction of sp³-hybridized carbons (Fsp3) is 0.212. The second-order valence-corrected chi connectivity index (χ2v) is 8.45. The maximum atomic E-state index is 5.53. The van der Waals surface area contributed by atoms with E-state index in [1.54, 1.807) is 0 Å². The molecule has 180 valence electrons. The lowest BCUT2D eigenvalue weighted by Crippen LogP contribution is -2.13. The highest BCUT2D eigenvalue weighted by atomic mass is 16.5. The van der Waals surface area contributed by atoms with Crippen LogP contribution in [0.25, 0.3) is 16.8 Å². The van der Waals surface area contributed by atoms with Crippen molar-refractivity contribution >= 4 is 16.8 Å². The van der Waals surface area contributed by atoms with Crippen molar-refractivity contribution < 1.29 is 4.74 Å². The van der Waals surface area contributed by atoms with Gasteiger partial charge >= 0.3 is 0 Å². The topological polar surface area (TPSA) is 21.3 Å². The predicted molar refractivity (Wildman–Crippen MR) is 151 cm³/mol. The largest absolute Gasteiger partial charge is 0.494 e. The number of benzene rings is 4. The Morgan fingerprint density at radius 3 is 2.11 bits per heavy atom. The molecule has 0 amide bonds. The lowest BCUT2D eigenvalue weighted by molar-refractivity contribution is 0.199.